The lowest BCUT2D eigenvalue weighted by molar-refractivity contribution is 0.00578. The molecule has 1 aliphatic rings. The van der Waals surface area contributed by atoms with Gasteiger partial charge in [-0.3, -0.25) is 0 Å². The van der Waals surface area contributed by atoms with Crippen molar-refractivity contribution in [2.75, 3.05) is 46.7 Å². The van der Waals surface area contributed by atoms with E-state index < -0.39 is 18.3 Å². The van der Waals surface area contributed by atoms with Crippen LogP contribution in [-0.2, 0) is 23.5 Å². The van der Waals surface area contributed by atoms with Crippen molar-refractivity contribution in [3.05, 3.63) is 95.9 Å². The van der Waals surface area contributed by atoms with Crippen LogP contribution in [0, 0.1) is 7.14 Å². The maximum atomic E-state index is 9.03. The van der Waals surface area contributed by atoms with E-state index in [1.807, 2.05) is 50.3 Å². The lowest BCUT2D eigenvalue weighted by atomic mass is 9.79. The minimum atomic E-state index is -0.565. The van der Waals surface area contributed by atoms with Gasteiger partial charge in [-0.1, -0.05) is 104 Å². The molecule has 0 aliphatic carbocycles. The summed E-state index contributed by atoms with van der Waals surface area (Å²) in [4.78, 5) is 0. The normalized spacial score (nSPS) is 13.4. The number of rotatable bonds is 8. The second-order valence-corrected chi connectivity index (χ2v) is 17.9. The molecule has 0 saturated carbocycles. The predicted octanol–water partition coefficient (Wildman–Crippen LogP) is 13.3. The average molecular weight is 1210 g/mol. The van der Waals surface area contributed by atoms with Gasteiger partial charge < -0.3 is 48.9 Å². The maximum absolute atomic E-state index is 9.03. The Bertz CT molecular complexity index is 1760. The average Bonchev–Trinajstić information content (AvgIpc) is 3.37. The highest BCUT2D eigenvalue weighted by Crippen LogP contribution is 2.38. The first-order valence-corrected chi connectivity index (χ1v) is 21.7. The highest BCUT2D eigenvalue weighted by atomic mass is 127. The van der Waals surface area contributed by atoms with Crippen LogP contribution in [0.15, 0.2) is 48.5 Å². The molecule has 0 spiro atoms. The zero-order valence-electron chi connectivity index (χ0n) is 31.8. The molecular formula is C36H39BCl9I2NO9. The van der Waals surface area contributed by atoms with Crippen LogP contribution < -0.4 is 20.7 Å². The fourth-order valence-electron chi connectivity index (χ4n) is 3.73. The number of nitrogens with two attached hydrogens (primary N) is 1. The molecule has 1 aliphatic heterocycles. The molecule has 0 bridgehead atoms. The fraction of sp³-hybridized carbons (Fsp3) is 0.333. The third kappa shape index (κ3) is 18.3. The van der Waals surface area contributed by atoms with Crippen molar-refractivity contribution >= 4 is 168 Å². The second kappa shape index (κ2) is 27.1. The Hall–Kier alpha value is -0.185. The summed E-state index contributed by atoms with van der Waals surface area (Å²) in [7, 11) is 4.07. The van der Waals surface area contributed by atoms with E-state index in [0.29, 0.717) is 58.9 Å². The van der Waals surface area contributed by atoms with Crippen molar-refractivity contribution in [1.82, 2.24) is 0 Å². The number of aromatic hydroxyl groups is 2. The van der Waals surface area contributed by atoms with E-state index in [1.165, 1.54) is 24.3 Å². The molecule has 0 amide bonds. The molecule has 10 nitrogen and oxygen atoms in total. The van der Waals surface area contributed by atoms with Crippen molar-refractivity contribution < 1.29 is 43.2 Å². The topological polar surface area (TPSA) is 131 Å². The van der Waals surface area contributed by atoms with E-state index in [2.05, 4.69) is 27.3 Å². The van der Waals surface area contributed by atoms with Gasteiger partial charge in [0.25, 0.3) is 0 Å². The molecule has 5 rings (SSSR count). The molecule has 1 saturated heterocycles. The second-order valence-electron chi connectivity index (χ2n) is 12.1. The summed E-state index contributed by atoms with van der Waals surface area (Å²) in [5.41, 5.74) is 5.47. The number of anilines is 1. The number of benzene rings is 4. The highest BCUT2D eigenvalue weighted by Gasteiger charge is 2.52. The first-order chi connectivity index (χ1) is 27.0. The van der Waals surface area contributed by atoms with Gasteiger partial charge in [-0.15, -0.1) is 0 Å². The molecule has 4 aromatic carbocycles. The Morgan fingerprint density at radius 1 is 0.569 bits per heavy atom. The largest absolute Gasteiger partial charge is 0.506 e. The van der Waals surface area contributed by atoms with Crippen LogP contribution >= 0.6 is 150 Å². The first-order valence-electron chi connectivity index (χ1n) is 16.0. The molecule has 4 N–H and O–H groups in total. The van der Waals surface area contributed by atoms with Crippen LogP contribution in [0.25, 0.3) is 0 Å². The van der Waals surface area contributed by atoms with Crippen molar-refractivity contribution in [1.29, 1.82) is 0 Å². The highest BCUT2D eigenvalue weighted by molar-refractivity contribution is 14.1. The standard InChI is InChI=1S/C14H19BCl2O4.C8H7Cl2IO2.C6H3Cl2IO.C6H5Cl2NO.C2H5ClO/c1-13(2)14(3,4)21-15(20-13)9-6-12(19-8-18-5)11(17)7-10(9)16;1-12-4-13-8-3-7(11)5(9)2-6(8)10;2*7-3-1-4(8)6(10)2-5(3)9;1-4-2-3/h6-7H,8H2,1-5H3;2-3H,4H2,1H3;1-2,10H;1-2,10H,9H2;2H2,1H3. The fourth-order valence-corrected chi connectivity index (χ4v) is 6.35. The maximum Gasteiger partial charge on any atom is 0.496 e. The van der Waals surface area contributed by atoms with Crippen LogP contribution in [0.5, 0.6) is 23.0 Å². The first kappa shape index (κ1) is 55.8. The van der Waals surface area contributed by atoms with Gasteiger partial charge in [0.1, 0.15) is 29.1 Å². The molecule has 58 heavy (non-hydrogen) atoms. The summed E-state index contributed by atoms with van der Waals surface area (Å²) in [5, 5.41) is 21.4. The molecule has 0 unspecified atom stereocenters. The van der Waals surface area contributed by atoms with E-state index in [0.717, 1.165) is 7.14 Å². The van der Waals surface area contributed by atoms with Gasteiger partial charge in [-0.05, 0) is 115 Å². The molecule has 0 atom stereocenters. The smallest absolute Gasteiger partial charge is 0.496 e. The Balaban J connectivity index is 0.000000393. The van der Waals surface area contributed by atoms with Crippen molar-refractivity contribution in [2.45, 2.75) is 38.9 Å². The number of phenolic OH excluding ortho intramolecular Hbond substituents is 2. The molecule has 0 aromatic heterocycles. The zero-order valence-corrected chi connectivity index (χ0v) is 42.9. The Morgan fingerprint density at radius 2 is 0.948 bits per heavy atom. The summed E-state index contributed by atoms with van der Waals surface area (Å²) < 4.78 is 38.3. The Kier molecular flexibility index (Phi) is 26.1. The Morgan fingerprint density at radius 3 is 1.36 bits per heavy atom. The number of alkyl halides is 1. The minimum absolute atomic E-state index is 0.0523. The van der Waals surface area contributed by atoms with E-state index in [9.17, 15) is 0 Å². The molecule has 1 fully saturated rings. The third-order valence-corrected chi connectivity index (χ3v) is 12.5. The van der Waals surface area contributed by atoms with Crippen molar-refractivity contribution in [3.63, 3.8) is 0 Å². The van der Waals surface area contributed by atoms with Gasteiger partial charge >= 0.3 is 7.12 Å². The lowest BCUT2D eigenvalue weighted by Gasteiger charge is -2.32. The number of phenols is 2. The van der Waals surface area contributed by atoms with Gasteiger partial charge in [0.05, 0.1) is 52.0 Å². The van der Waals surface area contributed by atoms with Gasteiger partial charge in [0, 0.05) is 45.0 Å². The number of methoxy groups -OCH3 is 3. The van der Waals surface area contributed by atoms with Crippen LogP contribution in [0.4, 0.5) is 5.69 Å². The van der Waals surface area contributed by atoms with E-state index in [-0.39, 0.29) is 35.1 Å². The van der Waals surface area contributed by atoms with E-state index in [1.54, 1.807) is 45.6 Å². The summed E-state index contributed by atoms with van der Waals surface area (Å²) in [6, 6.07) is 12.8. The van der Waals surface area contributed by atoms with Crippen molar-refractivity contribution in [3.8, 4) is 23.0 Å². The Labute approximate surface area is 411 Å². The summed E-state index contributed by atoms with van der Waals surface area (Å²) in [6.07, 6.45) is 0. The number of ether oxygens (including phenoxy) is 5. The number of hydrogen-bond acceptors (Lipinski definition) is 10. The number of hydrogen-bond donors (Lipinski definition) is 3. The zero-order chi connectivity index (χ0) is 44.5. The van der Waals surface area contributed by atoms with Crippen LogP contribution in [0.3, 0.4) is 0 Å². The quantitative estimate of drug-likeness (QED) is 0.0391. The molecule has 0 radical (unpaired) electrons. The van der Waals surface area contributed by atoms with Crippen LogP contribution in [0.2, 0.25) is 40.2 Å². The molecule has 22 heteroatoms. The molecule has 4 aromatic rings. The van der Waals surface area contributed by atoms with E-state index >= 15 is 0 Å². The third-order valence-electron chi connectivity index (χ3n) is 7.36. The monoisotopic (exact) mass is 1210 g/mol. The van der Waals surface area contributed by atoms with Crippen LogP contribution in [-0.4, -0.2) is 69.5 Å². The predicted molar refractivity (Wildman–Crippen MR) is 257 cm³/mol. The van der Waals surface area contributed by atoms with Crippen LogP contribution in [0.1, 0.15) is 27.7 Å². The SMILES string of the molecule is COCCl.COCOc1cc(B2OC(C)(C)C(C)(C)O2)c(Cl)cc1Cl.COCOc1cc(I)c(Cl)cc1Cl.Nc1cc(O)c(Cl)cc1Cl.Oc1cc(I)c(Cl)cc1Cl. The van der Waals surface area contributed by atoms with Gasteiger partial charge in [0.15, 0.2) is 13.6 Å². The van der Waals surface area contributed by atoms with Gasteiger partial charge in [-0.2, -0.15) is 0 Å². The van der Waals surface area contributed by atoms with Gasteiger partial charge in [-0.25, -0.2) is 0 Å². The summed E-state index contributed by atoms with van der Waals surface area (Å²) >= 11 is 55.5. The molecule has 1 heterocycles. The molecular weight excluding hydrogens is 1170 g/mol. The van der Waals surface area contributed by atoms with Crippen molar-refractivity contribution in [2.24, 2.45) is 0 Å². The summed E-state index contributed by atoms with van der Waals surface area (Å²) in [5.74, 6) is 1.07. The lowest BCUT2D eigenvalue weighted by Crippen LogP contribution is -2.41. The minimum Gasteiger partial charge on any atom is -0.506 e. The summed E-state index contributed by atoms with van der Waals surface area (Å²) in [6.45, 7) is 8.22. The van der Waals surface area contributed by atoms with Gasteiger partial charge in [0.2, 0.25) is 0 Å². The molecule has 322 valence electrons. The number of halogens is 11. The number of nitrogen functional groups attached to an aromatic ring is 1. The van der Waals surface area contributed by atoms with E-state index in [4.69, 9.17) is 149 Å².